The van der Waals surface area contributed by atoms with Crippen LogP contribution >= 0.6 is 11.6 Å². The minimum absolute atomic E-state index is 0.0939. The molecule has 6 nitrogen and oxygen atoms in total. The number of para-hydroxylation sites is 1. The van der Waals surface area contributed by atoms with Crippen molar-refractivity contribution in [3.8, 4) is 11.5 Å². The number of phenolic OH excluding ortho intramolecular Hbond substituents is 1. The first-order valence-electron chi connectivity index (χ1n) is 9.32. The molecule has 0 atom stereocenters. The number of ether oxygens (including phenoxy) is 2. The van der Waals surface area contributed by atoms with Gasteiger partial charge in [-0.15, -0.1) is 0 Å². The summed E-state index contributed by atoms with van der Waals surface area (Å²) >= 11 is 6.07. The molecule has 1 aliphatic heterocycles. The Kier molecular flexibility index (Phi) is 6.65. The van der Waals surface area contributed by atoms with Crippen LogP contribution in [0.25, 0.3) is 0 Å². The first kappa shape index (κ1) is 20.3. The maximum atomic E-state index is 13.0. The lowest BCUT2D eigenvalue weighted by Gasteiger charge is -2.31. The first-order valence-corrected chi connectivity index (χ1v) is 9.70. The van der Waals surface area contributed by atoms with Gasteiger partial charge in [0.25, 0.3) is 5.91 Å². The summed E-state index contributed by atoms with van der Waals surface area (Å²) < 4.78 is 10.8. The number of morpholine rings is 1. The summed E-state index contributed by atoms with van der Waals surface area (Å²) in [5.74, 6) is -0.138. The molecule has 1 amide bonds. The molecule has 7 heteroatoms. The van der Waals surface area contributed by atoms with Crippen molar-refractivity contribution >= 4 is 23.2 Å². The molecule has 0 spiro atoms. The van der Waals surface area contributed by atoms with Gasteiger partial charge in [0.05, 0.1) is 24.8 Å². The summed E-state index contributed by atoms with van der Waals surface area (Å²) in [5.41, 5.74) is 2.55. The highest BCUT2D eigenvalue weighted by Gasteiger charge is 2.20. The van der Waals surface area contributed by atoms with Crippen molar-refractivity contribution in [2.24, 2.45) is 0 Å². The molecule has 0 bridgehead atoms. The Balaban J connectivity index is 1.80. The van der Waals surface area contributed by atoms with Gasteiger partial charge in [-0.3, -0.25) is 4.79 Å². The highest BCUT2D eigenvalue weighted by Crippen LogP contribution is 2.35. The predicted octanol–water partition coefficient (Wildman–Crippen LogP) is 3.55. The lowest BCUT2D eigenvalue weighted by atomic mass is 10.1. The summed E-state index contributed by atoms with van der Waals surface area (Å²) in [6.07, 6.45) is 0. The van der Waals surface area contributed by atoms with E-state index in [0.717, 1.165) is 24.3 Å². The molecule has 28 heavy (non-hydrogen) atoms. The zero-order chi connectivity index (χ0) is 20.1. The predicted molar refractivity (Wildman–Crippen MR) is 110 cm³/mol. The van der Waals surface area contributed by atoms with E-state index in [-0.39, 0.29) is 22.4 Å². The van der Waals surface area contributed by atoms with E-state index in [1.807, 2.05) is 18.2 Å². The van der Waals surface area contributed by atoms with E-state index in [1.165, 1.54) is 12.1 Å². The lowest BCUT2D eigenvalue weighted by Crippen LogP contribution is -2.37. The molecule has 1 saturated heterocycles. The summed E-state index contributed by atoms with van der Waals surface area (Å²) in [5, 5.41) is 10.1. The molecule has 3 rings (SSSR count). The number of rotatable bonds is 6. The second-order valence-corrected chi connectivity index (χ2v) is 7.03. The van der Waals surface area contributed by atoms with E-state index in [0.29, 0.717) is 31.9 Å². The highest BCUT2D eigenvalue weighted by molar-refractivity contribution is 6.32. The number of nitrogens with zero attached hydrogens (tertiary/aromatic N) is 2. The zero-order valence-corrected chi connectivity index (χ0v) is 16.9. The van der Waals surface area contributed by atoms with Crippen molar-refractivity contribution in [1.82, 2.24) is 4.90 Å². The van der Waals surface area contributed by atoms with E-state index >= 15 is 0 Å². The third-order valence-electron chi connectivity index (χ3n) is 4.67. The Labute approximate surface area is 170 Å². The van der Waals surface area contributed by atoms with E-state index in [2.05, 4.69) is 11.0 Å². The van der Waals surface area contributed by atoms with Crippen LogP contribution in [0.1, 0.15) is 22.8 Å². The maximum absolute atomic E-state index is 13.0. The van der Waals surface area contributed by atoms with Crippen molar-refractivity contribution in [2.75, 3.05) is 44.9 Å². The first-order chi connectivity index (χ1) is 13.5. The number of carbonyl (C=O) groups is 1. The zero-order valence-electron chi connectivity index (χ0n) is 16.2. The van der Waals surface area contributed by atoms with E-state index in [1.54, 1.807) is 18.9 Å². The number of phenols is 1. The van der Waals surface area contributed by atoms with Crippen LogP contribution in [0.15, 0.2) is 36.4 Å². The molecule has 1 heterocycles. The fourth-order valence-corrected chi connectivity index (χ4v) is 3.48. The number of benzene rings is 2. The molecule has 2 aromatic rings. The topological polar surface area (TPSA) is 62.2 Å². The van der Waals surface area contributed by atoms with Gasteiger partial charge in [0.2, 0.25) is 0 Å². The average molecular weight is 405 g/mol. The maximum Gasteiger partial charge on any atom is 0.254 e. The molecule has 1 fully saturated rings. The molecule has 0 unspecified atom stereocenters. The Morgan fingerprint density at radius 3 is 2.71 bits per heavy atom. The SMILES string of the molecule is CCOc1cc(C(=O)N(C)Cc2ccccc2N2CCOCC2)cc(Cl)c1O. The molecule has 1 aliphatic rings. The highest BCUT2D eigenvalue weighted by atomic mass is 35.5. The van der Waals surface area contributed by atoms with Gasteiger partial charge in [-0.2, -0.15) is 0 Å². The van der Waals surface area contributed by atoms with Crippen LogP contribution in [0.5, 0.6) is 11.5 Å². The summed E-state index contributed by atoms with van der Waals surface area (Å²) in [7, 11) is 1.75. The smallest absolute Gasteiger partial charge is 0.254 e. The lowest BCUT2D eigenvalue weighted by molar-refractivity contribution is 0.0784. The van der Waals surface area contributed by atoms with Crippen LogP contribution < -0.4 is 9.64 Å². The Bertz CT molecular complexity index is 837. The molecule has 0 radical (unpaired) electrons. The Morgan fingerprint density at radius 1 is 1.29 bits per heavy atom. The van der Waals surface area contributed by atoms with Crippen molar-refractivity contribution in [3.63, 3.8) is 0 Å². The molecule has 0 aromatic heterocycles. The van der Waals surface area contributed by atoms with Gasteiger partial charge >= 0.3 is 0 Å². The fraction of sp³-hybridized carbons (Fsp3) is 0.381. The van der Waals surface area contributed by atoms with Crippen molar-refractivity contribution in [1.29, 1.82) is 0 Å². The molecule has 1 N–H and O–H groups in total. The number of amides is 1. The van der Waals surface area contributed by atoms with Gasteiger partial charge in [0, 0.05) is 37.9 Å². The minimum Gasteiger partial charge on any atom is -0.503 e. The van der Waals surface area contributed by atoms with Gasteiger partial charge in [0.1, 0.15) is 0 Å². The number of anilines is 1. The number of aromatic hydroxyl groups is 1. The van der Waals surface area contributed by atoms with Gasteiger partial charge < -0.3 is 24.4 Å². The molecule has 0 saturated carbocycles. The third kappa shape index (κ3) is 4.51. The van der Waals surface area contributed by atoms with Crippen LogP contribution in [0.3, 0.4) is 0 Å². The van der Waals surface area contributed by atoms with E-state index in [4.69, 9.17) is 21.1 Å². The molecular formula is C21H25ClN2O4. The fourth-order valence-electron chi connectivity index (χ4n) is 3.27. The van der Waals surface area contributed by atoms with Gasteiger partial charge in [-0.25, -0.2) is 0 Å². The monoisotopic (exact) mass is 404 g/mol. The van der Waals surface area contributed by atoms with Gasteiger partial charge in [-0.05, 0) is 30.7 Å². The third-order valence-corrected chi connectivity index (χ3v) is 4.96. The molecule has 150 valence electrons. The van der Waals surface area contributed by atoms with Crippen LogP contribution in [0.4, 0.5) is 5.69 Å². The largest absolute Gasteiger partial charge is 0.503 e. The second-order valence-electron chi connectivity index (χ2n) is 6.63. The van der Waals surface area contributed by atoms with Gasteiger partial charge in [-0.1, -0.05) is 29.8 Å². The molecule has 0 aliphatic carbocycles. The Morgan fingerprint density at radius 2 is 2.00 bits per heavy atom. The van der Waals surface area contributed by atoms with Crippen LogP contribution in [0, 0.1) is 0 Å². The van der Waals surface area contributed by atoms with Crippen LogP contribution in [-0.4, -0.2) is 55.9 Å². The van der Waals surface area contributed by atoms with Crippen molar-refractivity contribution < 1.29 is 19.4 Å². The van der Waals surface area contributed by atoms with Crippen LogP contribution in [-0.2, 0) is 11.3 Å². The van der Waals surface area contributed by atoms with Crippen molar-refractivity contribution in [2.45, 2.75) is 13.5 Å². The van der Waals surface area contributed by atoms with E-state index in [9.17, 15) is 9.90 Å². The summed E-state index contributed by atoms with van der Waals surface area (Å²) in [6, 6.07) is 11.1. The number of hydrogen-bond acceptors (Lipinski definition) is 5. The van der Waals surface area contributed by atoms with Crippen LogP contribution in [0.2, 0.25) is 5.02 Å². The number of halogens is 1. The number of carbonyl (C=O) groups excluding carboxylic acids is 1. The normalized spacial score (nSPS) is 14.0. The summed E-state index contributed by atoms with van der Waals surface area (Å²) in [6.45, 7) is 5.69. The van der Waals surface area contributed by atoms with Crippen molar-refractivity contribution in [3.05, 3.63) is 52.5 Å². The average Bonchev–Trinajstić information content (AvgIpc) is 2.72. The van der Waals surface area contributed by atoms with Gasteiger partial charge in [0.15, 0.2) is 11.5 Å². The second kappa shape index (κ2) is 9.17. The number of hydrogen-bond donors (Lipinski definition) is 1. The molecule has 2 aromatic carbocycles. The standard InChI is InChI=1S/C21H25ClN2O4/c1-3-28-19-13-16(12-17(22)20(19)25)21(26)23(2)14-15-6-4-5-7-18(15)24-8-10-27-11-9-24/h4-7,12-13,25H,3,8-11,14H2,1-2H3. The quantitative estimate of drug-likeness (QED) is 0.797. The Hall–Kier alpha value is -2.44. The summed E-state index contributed by atoms with van der Waals surface area (Å²) in [4.78, 5) is 16.9. The minimum atomic E-state index is -0.195. The molecular weight excluding hydrogens is 380 g/mol. The van der Waals surface area contributed by atoms with E-state index < -0.39 is 0 Å².